The minimum Gasteiger partial charge on any atom is -0.508 e. The topological polar surface area (TPSA) is 182 Å². The van der Waals surface area contributed by atoms with Crippen molar-refractivity contribution < 1.29 is 39.9 Å². The molecule has 38 heavy (non-hydrogen) atoms. The molecule has 0 spiro atoms. The number of carbonyl (C=O) groups excluding carboxylic acids is 3. The predicted octanol–water partition coefficient (Wildman–Crippen LogP) is 1.57. The number of hydrogen-bond acceptors (Lipinski definition) is 9. The van der Waals surface area contributed by atoms with Crippen molar-refractivity contribution in [3.05, 3.63) is 45.7 Å². The van der Waals surface area contributed by atoms with Gasteiger partial charge < -0.3 is 31.3 Å². The average Bonchev–Trinajstić information content (AvgIpc) is 2.80. The van der Waals surface area contributed by atoms with Crippen molar-refractivity contribution in [3.63, 3.8) is 0 Å². The highest BCUT2D eigenvalue weighted by molar-refractivity contribution is 6.24. The first kappa shape index (κ1) is 27.8. The van der Waals surface area contributed by atoms with E-state index in [4.69, 9.17) is 5.73 Å². The van der Waals surface area contributed by atoms with Crippen molar-refractivity contribution in [2.45, 2.75) is 69.6 Å². The van der Waals surface area contributed by atoms with Crippen molar-refractivity contribution in [2.75, 3.05) is 14.1 Å². The molecule has 10 heteroatoms. The van der Waals surface area contributed by atoms with Gasteiger partial charge in [-0.2, -0.15) is 0 Å². The second kappa shape index (κ2) is 8.93. The lowest BCUT2D eigenvalue weighted by molar-refractivity contribution is -0.169. The maximum atomic E-state index is 14.0. The fraction of sp³-hybridized carbons (Fsp3) is 0.536. The van der Waals surface area contributed by atoms with Gasteiger partial charge in [0.15, 0.2) is 11.4 Å². The van der Waals surface area contributed by atoms with Gasteiger partial charge in [-0.3, -0.25) is 19.3 Å². The van der Waals surface area contributed by atoms with Crippen LogP contribution in [-0.4, -0.2) is 79.7 Å². The van der Waals surface area contributed by atoms with Gasteiger partial charge in [0.25, 0.3) is 5.91 Å². The van der Waals surface area contributed by atoms with Gasteiger partial charge in [-0.05, 0) is 37.4 Å². The van der Waals surface area contributed by atoms with Gasteiger partial charge in [-0.15, -0.1) is 0 Å². The number of likely N-dealkylation sites (N-methyl/N-ethyl adjacent to an activating group) is 1. The van der Waals surface area contributed by atoms with Gasteiger partial charge in [0.05, 0.1) is 23.6 Å². The van der Waals surface area contributed by atoms with Crippen molar-refractivity contribution in [1.82, 2.24) is 4.90 Å². The van der Waals surface area contributed by atoms with Crippen LogP contribution in [0.5, 0.6) is 5.75 Å². The number of hydrogen-bond donors (Lipinski definition) is 6. The Morgan fingerprint density at radius 2 is 1.76 bits per heavy atom. The Morgan fingerprint density at radius 1 is 1.16 bits per heavy atom. The third-order valence-corrected chi connectivity index (χ3v) is 8.73. The normalized spacial score (nSPS) is 31.3. The highest BCUT2D eigenvalue weighted by atomic mass is 16.4. The zero-order chi connectivity index (χ0) is 28.6. The lowest BCUT2D eigenvalue weighted by Gasteiger charge is -2.53. The molecule has 3 aliphatic rings. The molecule has 0 saturated heterocycles. The van der Waals surface area contributed by atoms with Crippen molar-refractivity contribution >= 4 is 23.2 Å². The van der Waals surface area contributed by atoms with Gasteiger partial charge in [-0.25, -0.2) is 0 Å². The Labute approximate surface area is 221 Å². The zero-order valence-corrected chi connectivity index (χ0v) is 22.4. The fourth-order valence-corrected chi connectivity index (χ4v) is 6.92. The molecule has 6 atom stereocenters. The standard InChI is InChI=1S/C28H36N2O8/c1-7-10-27(3,4)13-9-8-12-11(2)14-16(21(32)15(12)20(13)31)24(35)28(38)18(22(14)33)19(30(5)6)23(34)17(25(28)36)26(29)37/h8-9,11,14,18-19,22,31-33,36,38H,7,10H2,1-6H3,(H2,29,37)/t11-,14+,18+,19?,22-,28-/m0/s1. The molecule has 1 aromatic carbocycles. The maximum Gasteiger partial charge on any atom is 0.255 e. The van der Waals surface area contributed by atoms with Gasteiger partial charge in [0.1, 0.15) is 22.8 Å². The number of aromatic hydroxyl groups is 1. The number of phenols is 1. The van der Waals surface area contributed by atoms with Crippen molar-refractivity contribution in [1.29, 1.82) is 0 Å². The van der Waals surface area contributed by atoms with E-state index in [-0.39, 0.29) is 16.9 Å². The van der Waals surface area contributed by atoms with Gasteiger partial charge >= 0.3 is 0 Å². The number of carbonyl (C=O) groups is 3. The molecule has 1 fully saturated rings. The summed E-state index contributed by atoms with van der Waals surface area (Å²) in [5, 5.41) is 57.2. The van der Waals surface area contributed by atoms with E-state index in [1.165, 1.54) is 19.0 Å². The molecular weight excluding hydrogens is 492 g/mol. The van der Waals surface area contributed by atoms with Crippen LogP contribution in [0.1, 0.15) is 63.1 Å². The smallest absolute Gasteiger partial charge is 0.255 e. The van der Waals surface area contributed by atoms with Crippen molar-refractivity contribution in [2.24, 2.45) is 17.6 Å². The second-order valence-electron chi connectivity index (χ2n) is 11.6. The molecule has 0 bridgehead atoms. The molecule has 1 saturated carbocycles. The van der Waals surface area contributed by atoms with Crippen LogP contribution in [0.4, 0.5) is 0 Å². The molecule has 1 aromatic rings. The van der Waals surface area contributed by atoms with Crippen LogP contribution in [-0.2, 0) is 19.8 Å². The highest BCUT2D eigenvalue weighted by Crippen LogP contribution is 2.57. The predicted molar refractivity (Wildman–Crippen MR) is 138 cm³/mol. The van der Waals surface area contributed by atoms with E-state index in [2.05, 4.69) is 0 Å². The summed E-state index contributed by atoms with van der Waals surface area (Å²) >= 11 is 0. The fourth-order valence-electron chi connectivity index (χ4n) is 6.92. The number of aliphatic hydroxyl groups is 4. The third kappa shape index (κ3) is 3.47. The molecule has 206 valence electrons. The van der Waals surface area contributed by atoms with Crippen LogP contribution in [0.2, 0.25) is 0 Å². The van der Waals surface area contributed by atoms with E-state index in [0.717, 1.165) is 12.8 Å². The molecule has 10 nitrogen and oxygen atoms in total. The molecular formula is C28H36N2O8. The largest absolute Gasteiger partial charge is 0.508 e. The number of ketones is 2. The third-order valence-electron chi connectivity index (χ3n) is 8.73. The van der Waals surface area contributed by atoms with E-state index < -0.39 is 75.5 Å². The van der Waals surface area contributed by atoms with E-state index >= 15 is 0 Å². The van der Waals surface area contributed by atoms with Gasteiger partial charge in [0.2, 0.25) is 5.78 Å². The molecule has 0 radical (unpaired) electrons. The van der Waals surface area contributed by atoms with E-state index in [0.29, 0.717) is 11.1 Å². The Kier molecular flexibility index (Phi) is 6.54. The minimum absolute atomic E-state index is 0.0164. The van der Waals surface area contributed by atoms with E-state index in [1.807, 2.05) is 20.8 Å². The van der Waals surface area contributed by atoms with Crippen LogP contribution in [0, 0.1) is 11.8 Å². The molecule has 0 aromatic heterocycles. The Hall–Kier alpha value is -3.21. The average molecular weight is 529 g/mol. The number of rotatable bonds is 5. The molecule has 4 rings (SSSR count). The monoisotopic (exact) mass is 528 g/mol. The van der Waals surface area contributed by atoms with Crippen molar-refractivity contribution in [3.8, 4) is 5.75 Å². The minimum atomic E-state index is -2.92. The highest BCUT2D eigenvalue weighted by Gasteiger charge is 2.68. The van der Waals surface area contributed by atoms with E-state index in [9.17, 15) is 39.9 Å². The number of fused-ring (bicyclic) bond motifs is 3. The summed E-state index contributed by atoms with van der Waals surface area (Å²) in [6.45, 7) is 7.63. The summed E-state index contributed by atoms with van der Waals surface area (Å²) in [5.74, 6) is -8.79. The quantitative estimate of drug-likeness (QED) is 0.309. The second-order valence-corrected chi connectivity index (χ2v) is 11.6. The first-order chi connectivity index (χ1) is 17.5. The number of Topliss-reactive ketones (excluding diaryl/α,β-unsaturated/α-hetero) is 2. The Bertz CT molecular complexity index is 1310. The summed E-state index contributed by atoms with van der Waals surface area (Å²) in [5.41, 5.74) is 1.71. The van der Waals surface area contributed by atoms with E-state index in [1.54, 1.807) is 19.1 Å². The first-order valence-electron chi connectivity index (χ1n) is 12.7. The Balaban J connectivity index is 2.03. The SMILES string of the molecule is CCCC(C)(C)c1ccc2c(c1O)C(O)=C1C(=O)[C@]3(O)C(O)=C(C(N)=O)C(=O)C(N(C)C)[C@@H]3[C@@H](O)[C@@H]1[C@H]2C. The molecule has 3 aliphatic carbocycles. The van der Waals surface area contributed by atoms with Crippen LogP contribution < -0.4 is 5.73 Å². The lowest BCUT2D eigenvalue weighted by Crippen LogP contribution is -2.70. The number of nitrogens with zero attached hydrogens (tertiary/aromatic N) is 1. The lowest BCUT2D eigenvalue weighted by atomic mass is 9.54. The summed E-state index contributed by atoms with van der Waals surface area (Å²) in [7, 11) is 2.95. The van der Waals surface area contributed by atoms with Crippen LogP contribution in [0.3, 0.4) is 0 Å². The summed E-state index contributed by atoms with van der Waals surface area (Å²) < 4.78 is 0. The van der Waals surface area contributed by atoms with Gasteiger partial charge in [-0.1, -0.05) is 46.2 Å². The van der Waals surface area contributed by atoms with Gasteiger partial charge in [0, 0.05) is 17.1 Å². The number of benzene rings is 1. The summed E-state index contributed by atoms with van der Waals surface area (Å²) in [6, 6.07) is 2.14. The number of nitrogens with two attached hydrogens (primary N) is 1. The summed E-state index contributed by atoms with van der Waals surface area (Å²) in [6.07, 6.45) is -0.0276. The number of amides is 1. The maximum absolute atomic E-state index is 14.0. The number of primary amides is 1. The number of aliphatic hydroxyl groups excluding tert-OH is 3. The molecule has 1 unspecified atom stereocenters. The molecule has 0 heterocycles. The summed E-state index contributed by atoms with van der Waals surface area (Å²) in [4.78, 5) is 40.7. The molecule has 0 aliphatic heterocycles. The molecule has 7 N–H and O–H groups in total. The van der Waals surface area contributed by atoms with Crippen LogP contribution >= 0.6 is 0 Å². The van der Waals surface area contributed by atoms with Crippen LogP contribution in [0.15, 0.2) is 29.0 Å². The molecule has 1 amide bonds. The first-order valence-corrected chi connectivity index (χ1v) is 12.7. The number of phenolic OH excluding ortho intramolecular Hbond substituents is 1. The Morgan fingerprint density at radius 3 is 2.29 bits per heavy atom. The van der Waals surface area contributed by atoms with Crippen LogP contribution in [0.25, 0.3) is 5.76 Å². The zero-order valence-electron chi connectivity index (χ0n) is 22.4.